The summed E-state index contributed by atoms with van der Waals surface area (Å²) in [6.07, 6.45) is 3.94. The molecule has 0 aliphatic rings. The Morgan fingerprint density at radius 1 is 0.297 bits per heavy atom. The Morgan fingerprint density at radius 3 is 1.30 bits per heavy atom. The minimum atomic E-state index is 0.846. The van der Waals surface area contributed by atoms with E-state index in [0.717, 1.165) is 56.2 Å². The molecule has 0 saturated heterocycles. The summed E-state index contributed by atoms with van der Waals surface area (Å²) in [6, 6.07) is 74.0. The number of benzene rings is 8. The van der Waals surface area contributed by atoms with E-state index in [0.29, 0.717) is 0 Å². The molecular formula is C58H36N6. The molecule has 64 heavy (non-hydrogen) atoms. The summed E-state index contributed by atoms with van der Waals surface area (Å²) in [5.41, 5.74) is 14.4. The van der Waals surface area contributed by atoms with Crippen LogP contribution in [0.1, 0.15) is 0 Å². The van der Waals surface area contributed by atoms with Gasteiger partial charge >= 0.3 is 0 Å². The number of hydrogen-bond acceptors (Lipinski definition) is 2. The molecule has 0 atom stereocenters. The minimum Gasteiger partial charge on any atom is -0.309 e. The zero-order valence-corrected chi connectivity index (χ0v) is 34.5. The second kappa shape index (κ2) is 13.4. The molecule has 0 fully saturated rings. The fraction of sp³-hybridized carbons (Fsp3) is 0. The maximum absolute atomic E-state index is 5.22. The molecule has 0 bridgehead atoms. The molecule has 0 unspecified atom stereocenters. The number of para-hydroxylation sites is 6. The molecule has 14 aromatic rings. The molecule has 298 valence electrons. The first-order valence-corrected chi connectivity index (χ1v) is 21.7. The van der Waals surface area contributed by atoms with E-state index >= 15 is 0 Å². The molecule has 0 saturated carbocycles. The third kappa shape index (κ3) is 4.85. The fourth-order valence-electron chi connectivity index (χ4n) is 10.6. The van der Waals surface area contributed by atoms with Crippen molar-refractivity contribution >= 4 is 87.2 Å². The van der Waals surface area contributed by atoms with Gasteiger partial charge in [0.05, 0.1) is 61.7 Å². The van der Waals surface area contributed by atoms with E-state index in [2.05, 4.69) is 225 Å². The highest BCUT2D eigenvalue weighted by atomic mass is 15.1. The molecule has 6 heterocycles. The molecule has 0 N–H and O–H groups in total. The van der Waals surface area contributed by atoms with Crippen LogP contribution in [-0.2, 0) is 0 Å². The van der Waals surface area contributed by atoms with Crippen LogP contribution in [0.5, 0.6) is 0 Å². The van der Waals surface area contributed by atoms with Crippen LogP contribution in [0.25, 0.3) is 121 Å². The minimum absolute atomic E-state index is 0.846. The van der Waals surface area contributed by atoms with Crippen molar-refractivity contribution in [1.82, 2.24) is 28.2 Å². The summed E-state index contributed by atoms with van der Waals surface area (Å²) in [7, 11) is 0. The van der Waals surface area contributed by atoms with Crippen LogP contribution in [0.3, 0.4) is 0 Å². The third-order valence-corrected chi connectivity index (χ3v) is 13.2. The maximum atomic E-state index is 5.22. The molecule has 0 aliphatic heterocycles. The molecule has 0 aliphatic carbocycles. The predicted octanol–water partition coefficient (Wildman–Crippen LogP) is 14.5. The van der Waals surface area contributed by atoms with Crippen molar-refractivity contribution in [2.75, 3.05) is 0 Å². The molecule has 6 nitrogen and oxygen atoms in total. The van der Waals surface area contributed by atoms with Crippen LogP contribution < -0.4 is 0 Å². The van der Waals surface area contributed by atoms with Crippen molar-refractivity contribution in [3.05, 3.63) is 219 Å². The fourth-order valence-corrected chi connectivity index (χ4v) is 10.6. The standard InChI is InChI=1S/C58H36N6/c1-3-15-38(16-4-1)61-50-25-13-9-21-45(50)55-52(61)31-28-43-41-19-7-11-23-48(41)63(57(43)55)40-27-30-47(60-36-40)37-33-34-59-54(35-37)64-49-24-12-8-20-42(49)44-29-32-53-56(58(44)64)46-22-10-14-26-51(46)62(53)39-17-5-2-6-18-39/h1-36H. The van der Waals surface area contributed by atoms with Gasteiger partial charge in [0.25, 0.3) is 0 Å². The van der Waals surface area contributed by atoms with Gasteiger partial charge in [0.2, 0.25) is 0 Å². The van der Waals surface area contributed by atoms with Gasteiger partial charge in [-0.1, -0.05) is 121 Å². The lowest BCUT2D eigenvalue weighted by atomic mass is 10.1. The van der Waals surface area contributed by atoms with Crippen LogP contribution in [0.4, 0.5) is 0 Å². The zero-order chi connectivity index (χ0) is 41.9. The summed E-state index contributed by atoms with van der Waals surface area (Å²) in [6.45, 7) is 0. The van der Waals surface area contributed by atoms with E-state index in [9.17, 15) is 0 Å². The van der Waals surface area contributed by atoms with Gasteiger partial charge in [0.1, 0.15) is 5.82 Å². The van der Waals surface area contributed by atoms with Crippen molar-refractivity contribution in [2.45, 2.75) is 0 Å². The van der Waals surface area contributed by atoms with E-state index in [1.54, 1.807) is 0 Å². The highest BCUT2D eigenvalue weighted by Gasteiger charge is 2.23. The second-order valence-electron chi connectivity index (χ2n) is 16.6. The summed E-state index contributed by atoms with van der Waals surface area (Å²) >= 11 is 0. The van der Waals surface area contributed by atoms with Crippen molar-refractivity contribution in [3.8, 4) is 34.1 Å². The van der Waals surface area contributed by atoms with Crippen LogP contribution in [-0.4, -0.2) is 28.2 Å². The smallest absolute Gasteiger partial charge is 0.138 e. The average Bonchev–Trinajstić information content (AvgIpc) is 4.09. The number of hydrogen-bond donors (Lipinski definition) is 0. The maximum Gasteiger partial charge on any atom is 0.138 e. The van der Waals surface area contributed by atoms with Gasteiger partial charge < -0.3 is 13.7 Å². The van der Waals surface area contributed by atoms with Crippen molar-refractivity contribution in [1.29, 1.82) is 0 Å². The van der Waals surface area contributed by atoms with Gasteiger partial charge in [-0.3, -0.25) is 9.55 Å². The first-order valence-electron chi connectivity index (χ1n) is 21.7. The number of aromatic nitrogens is 6. The van der Waals surface area contributed by atoms with Gasteiger partial charge in [0, 0.05) is 66.2 Å². The first-order chi connectivity index (χ1) is 31.8. The van der Waals surface area contributed by atoms with Gasteiger partial charge in [-0.2, -0.15) is 0 Å². The first kappa shape index (κ1) is 34.9. The van der Waals surface area contributed by atoms with E-state index in [1.807, 2.05) is 12.4 Å². The van der Waals surface area contributed by atoms with E-state index in [1.165, 1.54) is 65.2 Å². The molecule has 14 rings (SSSR count). The summed E-state index contributed by atoms with van der Waals surface area (Å²) in [5.74, 6) is 0.846. The number of pyridine rings is 2. The lowest BCUT2D eigenvalue weighted by Gasteiger charge is -2.12. The van der Waals surface area contributed by atoms with Crippen LogP contribution in [0, 0.1) is 0 Å². The predicted molar refractivity (Wildman–Crippen MR) is 265 cm³/mol. The van der Waals surface area contributed by atoms with Crippen LogP contribution in [0.15, 0.2) is 219 Å². The molecule has 8 aromatic carbocycles. The number of fused-ring (bicyclic) bond motifs is 14. The molecule has 0 radical (unpaired) electrons. The second-order valence-corrected chi connectivity index (χ2v) is 16.6. The SMILES string of the molecule is c1ccc(-n2c3ccccc3c3c2ccc2c4ccccc4n(-c4ccc(-c5ccnc(-n6c7ccccc7c7ccc8c(c9ccccc9n8-c8ccccc8)c76)c5)nc4)c23)cc1. The normalized spacial score (nSPS) is 12.1. The van der Waals surface area contributed by atoms with Crippen LogP contribution >= 0.6 is 0 Å². The highest BCUT2D eigenvalue weighted by molar-refractivity contribution is 6.27. The van der Waals surface area contributed by atoms with Gasteiger partial charge in [-0.05, 0) is 84.9 Å². The molecular weight excluding hydrogens is 781 g/mol. The molecule has 0 amide bonds. The summed E-state index contributed by atoms with van der Waals surface area (Å²) in [4.78, 5) is 10.3. The third-order valence-electron chi connectivity index (χ3n) is 13.2. The van der Waals surface area contributed by atoms with Crippen molar-refractivity contribution in [2.24, 2.45) is 0 Å². The zero-order valence-electron chi connectivity index (χ0n) is 34.5. The lowest BCUT2D eigenvalue weighted by Crippen LogP contribution is -1.99. The monoisotopic (exact) mass is 816 g/mol. The number of rotatable bonds is 5. The Hall–Kier alpha value is -8.74. The molecule has 6 aromatic heterocycles. The summed E-state index contributed by atoms with van der Waals surface area (Å²) < 4.78 is 9.52. The Balaban J connectivity index is 0.961. The molecule has 0 spiro atoms. The Morgan fingerprint density at radius 2 is 0.766 bits per heavy atom. The summed E-state index contributed by atoms with van der Waals surface area (Å²) in [5, 5.41) is 9.67. The van der Waals surface area contributed by atoms with E-state index in [4.69, 9.17) is 9.97 Å². The van der Waals surface area contributed by atoms with Gasteiger partial charge in [0.15, 0.2) is 0 Å². The van der Waals surface area contributed by atoms with Crippen molar-refractivity contribution < 1.29 is 0 Å². The Bertz CT molecular complexity index is 4170. The van der Waals surface area contributed by atoms with Gasteiger partial charge in [-0.25, -0.2) is 4.98 Å². The van der Waals surface area contributed by atoms with Crippen molar-refractivity contribution in [3.63, 3.8) is 0 Å². The Labute approximate surface area is 366 Å². The quantitative estimate of drug-likeness (QED) is 0.174. The largest absolute Gasteiger partial charge is 0.309 e. The van der Waals surface area contributed by atoms with Crippen LogP contribution in [0.2, 0.25) is 0 Å². The molecule has 6 heteroatoms. The lowest BCUT2D eigenvalue weighted by molar-refractivity contribution is 1.08. The number of nitrogens with zero attached hydrogens (tertiary/aromatic N) is 6. The Kier molecular flexibility index (Phi) is 7.30. The highest BCUT2D eigenvalue weighted by Crippen LogP contribution is 2.44. The van der Waals surface area contributed by atoms with E-state index in [-0.39, 0.29) is 0 Å². The topological polar surface area (TPSA) is 45.5 Å². The van der Waals surface area contributed by atoms with Gasteiger partial charge in [-0.15, -0.1) is 0 Å². The average molecular weight is 817 g/mol. The van der Waals surface area contributed by atoms with E-state index < -0.39 is 0 Å².